The number of hydrazine groups is 1. The monoisotopic (exact) mass is 222 g/mol. The van der Waals surface area contributed by atoms with E-state index in [0.717, 1.165) is 13.1 Å². The van der Waals surface area contributed by atoms with E-state index in [0.29, 0.717) is 12.0 Å². The maximum atomic E-state index is 5.90. The summed E-state index contributed by atoms with van der Waals surface area (Å²) in [5.74, 6) is 0. The van der Waals surface area contributed by atoms with Gasteiger partial charge in [-0.2, -0.15) is 4.99 Å². The summed E-state index contributed by atoms with van der Waals surface area (Å²) in [6, 6.07) is 0. The molecule has 0 aromatic heterocycles. The molecule has 0 bridgehead atoms. The van der Waals surface area contributed by atoms with Gasteiger partial charge in [-0.1, -0.05) is 13.8 Å². The van der Waals surface area contributed by atoms with Crippen molar-refractivity contribution in [3.05, 3.63) is 0 Å². The molecule has 0 radical (unpaired) electrons. The molecular weight excluding hydrogens is 211 g/mol. The fraction of sp³-hybridized carbons (Fsp3) is 0.714. The highest BCUT2D eigenvalue weighted by molar-refractivity contribution is 6.71. The second-order valence-corrected chi connectivity index (χ2v) is 3.16. The first kappa shape index (κ1) is 10.8. The standard InChI is InChI=1S/C7H12Cl2N4/c1-3-12(4-2)13-5-10-6(8)11-7(13)9/h3-5H2,1-2H3. The zero-order valence-electron chi connectivity index (χ0n) is 7.67. The van der Waals surface area contributed by atoms with E-state index in [1.807, 2.05) is 18.9 Å². The smallest absolute Gasteiger partial charge is 0.222 e. The molecule has 0 saturated carbocycles. The van der Waals surface area contributed by atoms with Crippen molar-refractivity contribution in [3.63, 3.8) is 0 Å². The average molecular weight is 223 g/mol. The minimum atomic E-state index is 0.216. The van der Waals surface area contributed by atoms with Crippen LogP contribution in [0.15, 0.2) is 9.98 Å². The normalized spacial score (nSPS) is 17.5. The third kappa shape index (κ3) is 2.56. The summed E-state index contributed by atoms with van der Waals surface area (Å²) in [5, 5.41) is 4.43. The summed E-state index contributed by atoms with van der Waals surface area (Å²) in [4.78, 5) is 7.84. The van der Waals surface area contributed by atoms with E-state index in [9.17, 15) is 0 Å². The summed E-state index contributed by atoms with van der Waals surface area (Å²) in [5.41, 5.74) is 0. The van der Waals surface area contributed by atoms with Crippen LogP contribution in [0, 0.1) is 0 Å². The summed E-state index contributed by atoms with van der Waals surface area (Å²) >= 11 is 11.5. The van der Waals surface area contributed by atoms with Crippen molar-refractivity contribution in [1.29, 1.82) is 0 Å². The van der Waals surface area contributed by atoms with Gasteiger partial charge in [0.05, 0.1) is 0 Å². The minimum Gasteiger partial charge on any atom is -0.258 e. The first-order valence-corrected chi connectivity index (χ1v) is 4.91. The van der Waals surface area contributed by atoms with Gasteiger partial charge in [0.25, 0.3) is 0 Å². The van der Waals surface area contributed by atoms with Crippen LogP contribution in [0.5, 0.6) is 0 Å². The molecule has 0 N–H and O–H groups in total. The van der Waals surface area contributed by atoms with Gasteiger partial charge in [-0.3, -0.25) is 5.01 Å². The number of aliphatic imine (C=N–C) groups is 2. The van der Waals surface area contributed by atoms with Crippen molar-refractivity contribution in [3.8, 4) is 0 Å². The molecule has 0 aromatic carbocycles. The Kier molecular flexibility index (Phi) is 3.96. The molecule has 0 amide bonds. The van der Waals surface area contributed by atoms with Gasteiger partial charge in [-0.05, 0) is 23.2 Å². The van der Waals surface area contributed by atoms with Gasteiger partial charge in [0.1, 0.15) is 6.67 Å². The second-order valence-electron chi connectivity index (χ2n) is 2.49. The largest absolute Gasteiger partial charge is 0.258 e. The van der Waals surface area contributed by atoms with Crippen molar-refractivity contribution in [1.82, 2.24) is 10.0 Å². The maximum Gasteiger partial charge on any atom is 0.222 e. The van der Waals surface area contributed by atoms with Gasteiger partial charge in [-0.25, -0.2) is 10.0 Å². The highest BCUT2D eigenvalue weighted by Gasteiger charge is 2.18. The first-order chi connectivity index (χ1) is 6.19. The molecule has 0 atom stereocenters. The lowest BCUT2D eigenvalue weighted by molar-refractivity contribution is 0.0620. The summed E-state index contributed by atoms with van der Waals surface area (Å²) in [7, 11) is 0. The molecule has 6 heteroatoms. The van der Waals surface area contributed by atoms with Crippen LogP contribution in [0.4, 0.5) is 0 Å². The minimum absolute atomic E-state index is 0.216. The Balaban J connectivity index is 2.69. The van der Waals surface area contributed by atoms with Crippen LogP contribution >= 0.6 is 23.2 Å². The number of hydrogen-bond donors (Lipinski definition) is 0. The molecule has 0 aliphatic carbocycles. The topological polar surface area (TPSA) is 31.2 Å². The molecule has 1 aliphatic rings. The Bertz CT molecular complexity index is 235. The quantitative estimate of drug-likeness (QED) is 0.682. The van der Waals surface area contributed by atoms with Crippen molar-refractivity contribution in [2.75, 3.05) is 19.8 Å². The molecule has 74 valence electrons. The van der Waals surface area contributed by atoms with E-state index < -0.39 is 0 Å². The van der Waals surface area contributed by atoms with E-state index in [2.05, 4.69) is 9.98 Å². The number of amidine groups is 2. The third-order valence-corrected chi connectivity index (χ3v) is 2.29. The third-order valence-electron chi connectivity index (χ3n) is 1.80. The molecule has 0 spiro atoms. The van der Waals surface area contributed by atoms with Crippen LogP contribution in [-0.2, 0) is 0 Å². The Morgan fingerprint density at radius 1 is 1.38 bits per heavy atom. The molecule has 4 nitrogen and oxygen atoms in total. The molecule has 0 unspecified atom stereocenters. The van der Waals surface area contributed by atoms with E-state index in [-0.39, 0.29) is 5.29 Å². The first-order valence-electron chi connectivity index (χ1n) is 4.15. The summed E-state index contributed by atoms with van der Waals surface area (Å²) in [6.07, 6.45) is 0. The number of halogens is 2. The van der Waals surface area contributed by atoms with Crippen molar-refractivity contribution in [2.45, 2.75) is 13.8 Å². The Morgan fingerprint density at radius 3 is 2.46 bits per heavy atom. The Labute approximate surface area is 87.8 Å². The van der Waals surface area contributed by atoms with Crippen LogP contribution in [-0.4, -0.2) is 40.4 Å². The van der Waals surface area contributed by atoms with E-state index >= 15 is 0 Å². The van der Waals surface area contributed by atoms with Gasteiger partial charge in [-0.15, -0.1) is 0 Å². The average Bonchev–Trinajstić information content (AvgIpc) is 2.10. The van der Waals surface area contributed by atoms with E-state index in [1.165, 1.54) is 0 Å². The van der Waals surface area contributed by atoms with Gasteiger partial charge in [0.15, 0.2) is 0 Å². The summed E-state index contributed by atoms with van der Waals surface area (Å²) in [6.45, 7) is 6.29. The Morgan fingerprint density at radius 2 is 2.00 bits per heavy atom. The molecule has 13 heavy (non-hydrogen) atoms. The fourth-order valence-corrected chi connectivity index (χ4v) is 1.54. The highest BCUT2D eigenvalue weighted by Crippen LogP contribution is 2.09. The lowest BCUT2D eigenvalue weighted by Crippen LogP contribution is -2.46. The predicted molar refractivity (Wildman–Crippen MR) is 56.2 cm³/mol. The molecule has 0 aromatic rings. The second kappa shape index (κ2) is 4.79. The number of nitrogens with zero attached hydrogens (tertiary/aromatic N) is 4. The molecule has 0 fully saturated rings. The molecule has 1 rings (SSSR count). The number of rotatable bonds is 3. The van der Waals surface area contributed by atoms with Crippen LogP contribution in [0.1, 0.15) is 13.8 Å². The van der Waals surface area contributed by atoms with Gasteiger partial charge < -0.3 is 0 Å². The lowest BCUT2D eigenvalue weighted by Gasteiger charge is -2.33. The molecular formula is C7H12Cl2N4. The molecule has 1 heterocycles. The molecule has 1 aliphatic heterocycles. The van der Waals surface area contributed by atoms with Crippen LogP contribution in [0.25, 0.3) is 0 Å². The van der Waals surface area contributed by atoms with Gasteiger partial charge >= 0.3 is 0 Å². The zero-order chi connectivity index (χ0) is 9.84. The predicted octanol–water partition coefficient (Wildman–Crippen LogP) is 1.71. The van der Waals surface area contributed by atoms with Gasteiger partial charge in [0, 0.05) is 13.1 Å². The van der Waals surface area contributed by atoms with Gasteiger partial charge in [0.2, 0.25) is 10.6 Å². The SMILES string of the molecule is CCN(CC)N1CN=C(Cl)N=C1Cl. The van der Waals surface area contributed by atoms with Crippen LogP contribution < -0.4 is 0 Å². The van der Waals surface area contributed by atoms with E-state index in [1.54, 1.807) is 5.01 Å². The number of hydrogen-bond acceptors (Lipinski definition) is 4. The van der Waals surface area contributed by atoms with Crippen molar-refractivity contribution in [2.24, 2.45) is 9.98 Å². The molecule has 0 saturated heterocycles. The van der Waals surface area contributed by atoms with Crippen LogP contribution in [0.2, 0.25) is 0 Å². The van der Waals surface area contributed by atoms with Crippen molar-refractivity contribution < 1.29 is 0 Å². The lowest BCUT2D eigenvalue weighted by atomic mass is 10.6. The van der Waals surface area contributed by atoms with Crippen LogP contribution in [0.3, 0.4) is 0 Å². The van der Waals surface area contributed by atoms with E-state index in [4.69, 9.17) is 23.2 Å². The fourth-order valence-electron chi connectivity index (χ4n) is 1.12. The highest BCUT2D eigenvalue weighted by atomic mass is 35.5. The summed E-state index contributed by atoms with van der Waals surface area (Å²) < 4.78 is 0. The zero-order valence-corrected chi connectivity index (χ0v) is 9.18. The Hall–Kier alpha value is -0.320. The van der Waals surface area contributed by atoms with Crippen molar-refractivity contribution >= 4 is 33.8 Å². The maximum absolute atomic E-state index is 5.90.